The quantitative estimate of drug-likeness (QED) is 0.511. The molecule has 0 spiro atoms. The Morgan fingerprint density at radius 3 is 2.54 bits per heavy atom. The highest BCUT2D eigenvalue weighted by Gasteiger charge is 2.24. The Hall–Kier alpha value is -2.60. The summed E-state index contributed by atoms with van der Waals surface area (Å²) in [4.78, 5) is 16.5. The Balaban J connectivity index is 1.96. The molecule has 0 amide bonds. The maximum absolute atomic E-state index is 12.2. The number of nitrogens with zero attached hydrogens (tertiary/aromatic N) is 1. The molecule has 0 fully saturated rings. The molecule has 2 aromatic rings. The lowest BCUT2D eigenvalue weighted by Gasteiger charge is -2.13. The molecule has 5 nitrogen and oxygen atoms in total. The molecule has 0 radical (unpaired) electrons. The van der Waals surface area contributed by atoms with E-state index < -0.39 is 5.97 Å². The number of aliphatic imine (C=N–C) groups is 1. The van der Waals surface area contributed by atoms with Gasteiger partial charge in [0.25, 0.3) is 0 Å². The van der Waals surface area contributed by atoms with Crippen LogP contribution in [0.4, 0.5) is 0 Å². The van der Waals surface area contributed by atoms with Crippen molar-refractivity contribution in [3.63, 3.8) is 0 Å². The smallest absolute Gasteiger partial charge is 0.363 e. The zero-order valence-corrected chi connectivity index (χ0v) is 16.1. The number of carbonyl (C=O) groups is 1. The fourth-order valence-electron chi connectivity index (χ4n) is 2.49. The number of rotatable bonds is 6. The molecule has 1 heterocycles. The second kappa shape index (κ2) is 8.19. The van der Waals surface area contributed by atoms with E-state index in [4.69, 9.17) is 14.2 Å². The fourth-order valence-corrected chi connectivity index (χ4v) is 3.06. The molecule has 26 heavy (non-hydrogen) atoms. The lowest BCUT2D eigenvalue weighted by Crippen LogP contribution is -2.05. The second-order valence-corrected chi connectivity index (χ2v) is 6.25. The van der Waals surface area contributed by atoms with E-state index in [9.17, 15) is 4.79 Å². The van der Waals surface area contributed by atoms with Gasteiger partial charge >= 0.3 is 5.97 Å². The van der Waals surface area contributed by atoms with Crippen LogP contribution in [0.5, 0.6) is 11.5 Å². The Labute approximate surface area is 160 Å². The fraction of sp³-hybridized carbons (Fsp3) is 0.200. The summed E-state index contributed by atoms with van der Waals surface area (Å²) in [6.07, 6.45) is 1.67. The van der Waals surface area contributed by atoms with Crippen molar-refractivity contribution >= 4 is 33.9 Å². The van der Waals surface area contributed by atoms with Gasteiger partial charge in [-0.2, -0.15) is 0 Å². The molecule has 2 aromatic carbocycles. The first-order chi connectivity index (χ1) is 12.6. The summed E-state index contributed by atoms with van der Waals surface area (Å²) < 4.78 is 17.3. The molecular formula is C20H18BrNO4. The van der Waals surface area contributed by atoms with Crippen LogP contribution in [0.3, 0.4) is 0 Å². The van der Waals surface area contributed by atoms with Gasteiger partial charge in [-0.15, -0.1) is 0 Å². The number of cyclic esters (lactones) is 1. The van der Waals surface area contributed by atoms with Crippen LogP contribution < -0.4 is 9.47 Å². The van der Waals surface area contributed by atoms with Crippen molar-refractivity contribution in [1.82, 2.24) is 0 Å². The molecule has 0 saturated carbocycles. The summed E-state index contributed by atoms with van der Waals surface area (Å²) in [6, 6.07) is 13.0. The average molecular weight is 416 g/mol. The summed E-state index contributed by atoms with van der Waals surface area (Å²) in [5.41, 5.74) is 1.75. The summed E-state index contributed by atoms with van der Waals surface area (Å²) in [5.74, 6) is 1.07. The summed E-state index contributed by atoms with van der Waals surface area (Å²) >= 11 is 3.50. The zero-order valence-electron chi connectivity index (χ0n) is 14.5. The van der Waals surface area contributed by atoms with Gasteiger partial charge in [-0.25, -0.2) is 9.79 Å². The van der Waals surface area contributed by atoms with Gasteiger partial charge in [0.2, 0.25) is 5.90 Å². The zero-order chi connectivity index (χ0) is 18.5. The third-order valence-corrected chi connectivity index (χ3v) is 4.15. The summed E-state index contributed by atoms with van der Waals surface area (Å²) in [5, 5.41) is 0. The highest BCUT2D eigenvalue weighted by Crippen LogP contribution is 2.37. The molecule has 0 aromatic heterocycles. The van der Waals surface area contributed by atoms with Gasteiger partial charge in [-0.05, 0) is 65.7 Å². The van der Waals surface area contributed by atoms with Gasteiger partial charge in [-0.3, -0.25) is 0 Å². The third-order valence-electron chi connectivity index (χ3n) is 3.57. The van der Waals surface area contributed by atoms with E-state index in [2.05, 4.69) is 20.9 Å². The van der Waals surface area contributed by atoms with Crippen LogP contribution in [0.15, 0.2) is 57.6 Å². The molecular weight excluding hydrogens is 398 g/mol. The molecule has 0 aliphatic carbocycles. The first kappa shape index (κ1) is 18.2. The third kappa shape index (κ3) is 3.96. The summed E-state index contributed by atoms with van der Waals surface area (Å²) in [6.45, 7) is 4.84. The van der Waals surface area contributed by atoms with Crippen molar-refractivity contribution in [1.29, 1.82) is 0 Å². The van der Waals surface area contributed by atoms with Crippen molar-refractivity contribution in [3.8, 4) is 11.5 Å². The molecule has 0 N–H and O–H groups in total. The Bertz CT molecular complexity index is 875. The van der Waals surface area contributed by atoms with Crippen molar-refractivity contribution in [3.05, 3.63) is 63.8 Å². The van der Waals surface area contributed by atoms with Crippen LogP contribution in [-0.4, -0.2) is 25.1 Å². The van der Waals surface area contributed by atoms with Gasteiger partial charge in [0.1, 0.15) is 0 Å². The number of ether oxygens (including phenoxy) is 3. The van der Waals surface area contributed by atoms with Gasteiger partial charge in [0.05, 0.1) is 17.7 Å². The first-order valence-electron chi connectivity index (χ1n) is 8.29. The van der Waals surface area contributed by atoms with Crippen LogP contribution in [0.2, 0.25) is 0 Å². The highest BCUT2D eigenvalue weighted by molar-refractivity contribution is 9.10. The van der Waals surface area contributed by atoms with Crippen molar-refractivity contribution < 1.29 is 19.0 Å². The number of hydrogen-bond acceptors (Lipinski definition) is 5. The van der Waals surface area contributed by atoms with Gasteiger partial charge in [-0.1, -0.05) is 18.2 Å². The molecule has 0 bridgehead atoms. The molecule has 0 saturated heterocycles. The largest absolute Gasteiger partial charge is 0.490 e. The molecule has 6 heteroatoms. The topological polar surface area (TPSA) is 57.1 Å². The predicted octanol–water partition coefficient (Wildman–Crippen LogP) is 4.59. The van der Waals surface area contributed by atoms with E-state index in [0.717, 1.165) is 15.6 Å². The van der Waals surface area contributed by atoms with Gasteiger partial charge in [0.15, 0.2) is 17.2 Å². The maximum atomic E-state index is 12.2. The number of esters is 1. The van der Waals surface area contributed by atoms with Crippen molar-refractivity contribution in [2.24, 2.45) is 4.99 Å². The van der Waals surface area contributed by atoms with Crippen LogP contribution in [0, 0.1) is 0 Å². The van der Waals surface area contributed by atoms with Crippen LogP contribution >= 0.6 is 15.9 Å². The minimum Gasteiger partial charge on any atom is -0.490 e. The molecule has 1 aliphatic rings. The standard InChI is InChI=1S/C20H18BrNO4/c1-3-24-17-12-13(10-15(21)18(17)25-4-2)11-16-20(23)26-19(22-16)14-8-6-5-7-9-14/h5-12H,3-4H2,1-2H3. The van der Waals surface area contributed by atoms with E-state index in [1.165, 1.54) is 0 Å². The molecule has 0 atom stereocenters. The summed E-state index contributed by atoms with van der Waals surface area (Å²) in [7, 11) is 0. The average Bonchev–Trinajstić information content (AvgIpc) is 3.00. The lowest BCUT2D eigenvalue weighted by molar-refractivity contribution is -0.129. The monoisotopic (exact) mass is 415 g/mol. The first-order valence-corrected chi connectivity index (χ1v) is 9.08. The lowest BCUT2D eigenvalue weighted by atomic mass is 10.1. The molecule has 3 rings (SSSR count). The van der Waals surface area contributed by atoms with Crippen molar-refractivity contribution in [2.45, 2.75) is 13.8 Å². The van der Waals surface area contributed by atoms with Gasteiger partial charge < -0.3 is 14.2 Å². The highest BCUT2D eigenvalue weighted by atomic mass is 79.9. The van der Waals surface area contributed by atoms with Crippen LogP contribution in [-0.2, 0) is 9.53 Å². The van der Waals surface area contributed by atoms with E-state index in [1.54, 1.807) is 6.08 Å². The van der Waals surface area contributed by atoms with E-state index in [0.29, 0.717) is 30.6 Å². The molecule has 0 unspecified atom stereocenters. The predicted molar refractivity (Wildman–Crippen MR) is 104 cm³/mol. The van der Waals surface area contributed by atoms with E-state index in [1.807, 2.05) is 56.3 Å². The minimum atomic E-state index is -0.480. The SMILES string of the molecule is CCOc1cc(C=C2N=C(c3ccccc3)OC2=O)cc(Br)c1OCC. The van der Waals surface area contributed by atoms with Crippen molar-refractivity contribution in [2.75, 3.05) is 13.2 Å². The maximum Gasteiger partial charge on any atom is 0.363 e. The number of benzene rings is 2. The number of halogens is 1. The van der Waals surface area contributed by atoms with Crippen LogP contribution in [0.1, 0.15) is 25.0 Å². The second-order valence-electron chi connectivity index (χ2n) is 5.40. The Kier molecular flexibility index (Phi) is 5.73. The number of hydrogen-bond donors (Lipinski definition) is 0. The Morgan fingerprint density at radius 1 is 1.12 bits per heavy atom. The van der Waals surface area contributed by atoms with E-state index in [-0.39, 0.29) is 5.70 Å². The Morgan fingerprint density at radius 2 is 1.85 bits per heavy atom. The van der Waals surface area contributed by atoms with Crippen LogP contribution in [0.25, 0.3) is 6.08 Å². The molecule has 134 valence electrons. The van der Waals surface area contributed by atoms with Gasteiger partial charge in [0, 0.05) is 5.56 Å². The number of carbonyl (C=O) groups excluding carboxylic acids is 1. The minimum absolute atomic E-state index is 0.238. The normalized spacial score (nSPS) is 15.0. The molecule has 1 aliphatic heterocycles. The van der Waals surface area contributed by atoms with E-state index >= 15 is 0 Å².